The summed E-state index contributed by atoms with van der Waals surface area (Å²) in [5, 5.41) is 14.0. The maximum Gasteiger partial charge on any atom is 0.243 e. The van der Waals surface area contributed by atoms with Crippen molar-refractivity contribution in [2.24, 2.45) is 5.73 Å². The average Bonchev–Trinajstić information content (AvgIpc) is 2.93. The molecule has 1 aromatic carbocycles. The second-order valence-electron chi connectivity index (χ2n) is 5.14. The molecule has 0 radical (unpaired) electrons. The van der Waals surface area contributed by atoms with E-state index in [0.29, 0.717) is 18.4 Å². The van der Waals surface area contributed by atoms with Crippen LogP contribution in [0.2, 0.25) is 0 Å². The Bertz CT molecular complexity index is 650. The van der Waals surface area contributed by atoms with E-state index in [2.05, 4.69) is 10.6 Å². The molecule has 0 unspecified atom stereocenters. The van der Waals surface area contributed by atoms with Gasteiger partial charge in [0.25, 0.3) is 0 Å². The third kappa shape index (κ3) is 3.82. The van der Waals surface area contributed by atoms with Crippen molar-refractivity contribution in [3.05, 3.63) is 35.4 Å². The van der Waals surface area contributed by atoms with E-state index in [0.717, 1.165) is 5.56 Å². The predicted octanol–water partition coefficient (Wildman–Crippen LogP) is -0.651. The normalized spacial score (nSPS) is 18.1. The molecular weight excluding hydrogens is 284 g/mol. The molecule has 2 rings (SSSR count). The Hall–Kier alpha value is -2.88. The lowest BCUT2D eigenvalue weighted by molar-refractivity contribution is -0.129. The van der Waals surface area contributed by atoms with Crippen LogP contribution in [0.1, 0.15) is 24.0 Å². The molecule has 1 aromatic rings. The molecule has 3 amide bonds. The third-order valence-corrected chi connectivity index (χ3v) is 3.47. The van der Waals surface area contributed by atoms with E-state index < -0.39 is 23.9 Å². The highest BCUT2D eigenvalue weighted by molar-refractivity contribution is 5.93. The molecular formula is C15H16N4O3. The molecule has 0 saturated carbocycles. The Labute approximate surface area is 127 Å². The smallest absolute Gasteiger partial charge is 0.243 e. The third-order valence-electron chi connectivity index (χ3n) is 3.47. The second-order valence-corrected chi connectivity index (χ2v) is 5.14. The number of primary amides is 1. The van der Waals surface area contributed by atoms with Crippen LogP contribution in [0.15, 0.2) is 24.3 Å². The zero-order chi connectivity index (χ0) is 16.1. The van der Waals surface area contributed by atoms with E-state index in [1.165, 1.54) is 0 Å². The number of nitriles is 1. The Kier molecular flexibility index (Phi) is 4.73. The molecule has 22 heavy (non-hydrogen) atoms. The summed E-state index contributed by atoms with van der Waals surface area (Å²) in [4.78, 5) is 34.7. The van der Waals surface area contributed by atoms with E-state index in [1.807, 2.05) is 6.07 Å². The monoisotopic (exact) mass is 300 g/mol. The van der Waals surface area contributed by atoms with E-state index in [-0.39, 0.29) is 12.3 Å². The molecule has 7 nitrogen and oxygen atoms in total. The van der Waals surface area contributed by atoms with Crippen LogP contribution in [0.4, 0.5) is 0 Å². The number of rotatable bonds is 5. The van der Waals surface area contributed by atoms with Crippen molar-refractivity contribution < 1.29 is 14.4 Å². The Morgan fingerprint density at radius 1 is 1.50 bits per heavy atom. The highest BCUT2D eigenvalue weighted by atomic mass is 16.2. The highest BCUT2D eigenvalue weighted by Gasteiger charge is 2.29. The number of nitrogens with one attached hydrogen (secondary N) is 2. The lowest BCUT2D eigenvalue weighted by atomic mass is 10.0. The van der Waals surface area contributed by atoms with Crippen LogP contribution in [-0.4, -0.2) is 29.8 Å². The number of hydrogen-bond acceptors (Lipinski definition) is 4. The first-order valence-electron chi connectivity index (χ1n) is 6.87. The first-order valence-corrected chi connectivity index (χ1v) is 6.87. The lowest BCUT2D eigenvalue weighted by Gasteiger charge is -2.18. The summed E-state index contributed by atoms with van der Waals surface area (Å²) in [5.74, 6) is -1.27. The molecule has 0 aromatic heterocycles. The molecule has 4 N–H and O–H groups in total. The Morgan fingerprint density at radius 3 is 2.86 bits per heavy atom. The van der Waals surface area contributed by atoms with Gasteiger partial charge in [-0.05, 0) is 24.1 Å². The number of hydrogen-bond donors (Lipinski definition) is 3. The van der Waals surface area contributed by atoms with E-state index >= 15 is 0 Å². The van der Waals surface area contributed by atoms with Gasteiger partial charge in [-0.3, -0.25) is 14.4 Å². The van der Waals surface area contributed by atoms with Crippen LogP contribution in [-0.2, 0) is 20.8 Å². The minimum Gasteiger partial charge on any atom is -0.368 e. The molecule has 2 atom stereocenters. The van der Waals surface area contributed by atoms with Gasteiger partial charge in [-0.15, -0.1) is 0 Å². The summed E-state index contributed by atoms with van der Waals surface area (Å²) in [6, 6.07) is 7.23. The molecule has 0 spiro atoms. The summed E-state index contributed by atoms with van der Waals surface area (Å²) in [5.41, 5.74) is 6.51. The first kappa shape index (κ1) is 15.5. The number of amides is 3. The predicted molar refractivity (Wildman–Crippen MR) is 77.2 cm³/mol. The van der Waals surface area contributed by atoms with E-state index in [4.69, 9.17) is 11.0 Å². The van der Waals surface area contributed by atoms with Crippen molar-refractivity contribution in [2.45, 2.75) is 31.3 Å². The van der Waals surface area contributed by atoms with Crippen molar-refractivity contribution in [2.75, 3.05) is 0 Å². The second kappa shape index (κ2) is 6.72. The molecule has 114 valence electrons. The van der Waals surface area contributed by atoms with Gasteiger partial charge in [0, 0.05) is 12.8 Å². The number of carbonyl (C=O) groups excluding carboxylic acids is 3. The zero-order valence-corrected chi connectivity index (χ0v) is 11.8. The number of nitrogens with two attached hydrogens (primary N) is 1. The summed E-state index contributed by atoms with van der Waals surface area (Å²) in [6.07, 6.45) is 0.890. The van der Waals surface area contributed by atoms with Gasteiger partial charge in [0.15, 0.2) is 0 Å². The lowest BCUT2D eigenvalue weighted by Crippen LogP contribution is -2.51. The minimum atomic E-state index is -0.890. The summed E-state index contributed by atoms with van der Waals surface area (Å²) in [7, 11) is 0. The molecule has 1 saturated heterocycles. The van der Waals surface area contributed by atoms with Gasteiger partial charge in [-0.2, -0.15) is 5.26 Å². The van der Waals surface area contributed by atoms with Crippen LogP contribution in [0.5, 0.6) is 0 Å². The number of nitrogens with zero attached hydrogens (tertiary/aromatic N) is 1. The van der Waals surface area contributed by atoms with Crippen molar-refractivity contribution in [3.8, 4) is 6.07 Å². The van der Waals surface area contributed by atoms with Crippen LogP contribution >= 0.6 is 0 Å². The average molecular weight is 300 g/mol. The minimum absolute atomic E-state index is 0.183. The maximum absolute atomic E-state index is 12.0. The van der Waals surface area contributed by atoms with Gasteiger partial charge in [-0.25, -0.2) is 0 Å². The number of benzene rings is 1. The van der Waals surface area contributed by atoms with Crippen molar-refractivity contribution >= 4 is 17.7 Å². The van der Waals surface area contributed by atoms with Gasteiger partial charge < -0.3 is 16.4 Å². The summed E-state index contributed by atoms with van der Waals surface area (Å²) >= 11 is 0. The SMILES string of the molecule is N#Cc1cccc(C[C@@H](NC(=O)[C@@H]2CCC(=O)N2)C(N)=O)c1. The fourth-order valence-electron chi connectivity index (χ4n) is 2.31. The molecule has 0 bridgehead atoms. The maximum atomic E-state index is 12.0. The van der Waals surface area contributed by atoms with Crippen molar-refractivity contribution in [1.29, 1.82) is 5.26 Å². The topological polar surface area (TPSA) is 125 Å². The first-order chi connectivity index (χ1) is 10.5. The molecule has 7 heteroatoms. The highest BCUT2D eigenvalue weighted by Crippen LogP contribution is 2.09. The molecule has 1 aliphatic heterocycles. The van der Waals surface area contributed by atoms with Gasteiger partial charge in [0.1, 0.15) is 12.1 Å². The standard InChI is InChI=1S/C15H16N4O3/c16-8-10-3-1-2-9(6-10)7-12(14(17)21)19-15(22)11-4-5-13(20)18-11/h1-3,6,11-12H,4-5,7H2,(H2,17,21)(H,18,20)(H,19,22)/t11-,12+/m0/s1. The Balaban J connectivity index is 2.03. The van der Waals surface area contributed by atoms with Crippen LogP contribution in [0, 0.1) is 11.3 Å². The quantitative estimate of drug-likeness (QED) is 0.668. The van der Waals surface area contributed by atoms with Crippen molar-refractivity contribution in [3.63, 3.8) is 0 Å². The largest absolute Gasteiger partial charge is 0.368 e. The van der Waals surface area contributed by atoms with Gasteiger partial charge in [0.05, 0.1) is 11.6 Å². The van der Waals surface area contributed by atoms with E-state index in [1.54, 1.807) is 24.3 Å². The van der Waals surface area contributed by atoms with Gasteiger partial charge in [-0.1, -0.05) is 12.1 Å². The fourth-order valence-corrected chi connectivity index (χ4v) is 2.31. The number of carbonyl (C=O) groups is 3. The molecule has 1 fully saturated rings. The van der Waals surface area contributed by atoms with Crippen LogP contribution in [0.3, 0.4) is 0 Å². The van der Waals surface area contributed by atoms with Crippen LogP contribution < -0.4 is 16.4 Å². The van der Waals surface area contributed by atoms with E-state index in [9.17, 15) is 14.4 Å². The van der Waals surface area contributed by atoms with Gasteiger partial charge in [0.2, 0.25) is 17.7 Å². The summed E-state index contributed by atoms with van der Waals surface area (Å²) < 4.78 is 0. The van der Waals surface area contributed by atoms with Crippen molar-refractivity contribution in [1.82, 2.24) is 10.6 Å². The zero-order valence-electron chi connectivity index (χ0n) is 11.8. The Morgan fingerprint density at radius 2 is 2.27 bits per heavy atom. The molecule has 1 aliphatic rings. The molecule has 1 heterocycles. The van der Waals surface area contributed by atoms with Gasteiger partial charge >= 0.3 is 0 Å². The van der Waals surface area contributed by atoms with Crippen LogP contribution in [0.25, 0.3) is 0 Å². The summed E-state index contributed by atoms with van der Waals surface area (Å²) in [6.45, 7) is 0. The fraction of sp³-hybridized carbons (Fsp3) is 0.333. The molecule has 0 aliphatic carbocycles.